The summed E-state index contributed by atoms with van der Waals surface area (Å²) in [6.45, 7) is 4.97. The first-order chi connectivity index (χ1) is 11.7. The van der Waals surface area contributed by atoms with E-state index in [-0.39, 0.29) is 0 Å². The minimum atomic E-state index is -0.479. The van der Waals surface area contributed by atoms with Crippen molar-refractivity contribution in [1.82, 2.24) is 9.88 Å². The molecule has 1 amide bonds. The Kier molecular flexibility index (Phi) is 5.40. The predicted molar refractivity (Wildman–Crippen MR) is 92.6 cm³/mol. The van der Waals surface area contributed by atoms with Crippen LogP contribution in [0.3, 0.4) is 0 Å². The predicted octanol–water partition coefficient (Wildman–Crippen LogP) is 1.62. The van der Waals surface area contributed by atoms with Crippen molar-refractivity contribution >= 4 is 11.7 Å². The SMILES string of the molecule is NC(=O)c1cccnc1NCc1ccccc1CN1CCOCC1. The van der Waals surface area contributed by atoms with Crippen molar-refractivity contribution in [3.05, 3.63) is 59.3 Å². The van der Waals surface area contributed by atoms with Crippen LogP contribution in [0.5, 0.6) is 0 Å². The van der Waals surface area contributed by atoms with Crippen molar-refractivity contribution < 1.29 is 9.53 Å². The highest BCUT2D eigenvalue weighted by Gasteiger charge is 2.13. The number of hydrogen-bond donors (Lipinski definition) is 2. The molecular weight excluding hydrogens is 304 g/mol. The molecule has 3 rings (SSSR count). The lowest BCUT2D eigenvalue weighted by Crippen LogP contribution is -2.35. The molecule has 0 radical (unpaired) electrons. The summed E-state index contributed by atoms with van der Waals surface area (Å²) in [6, 6.07) is 11.7. The Balaban J connectivity index is 1.70. The molecule has 0 atom stereocenters. The Morgan fingerprint density at radius 1 is 1.17 bits per heavy atom. The quantitative estimate of drug-likeness (QED) is 0.843. The van der Waals surface area contributed by atoms with Crippen LogP contribution in [0, 0.1) is 0 Å². The second-order valence-electron chi connectivity index (χ2n) is 5.77. The average molecular weight is 326 g/mol. The molecule has 2 heterocycles. The number of pyridine rings is 1. The van der Waals surface area contributed by atoms with E-state index in [1.807, 2.05) is 6.07 Å². The number of rotatable bonds is 6. The van der Waals surface area contributed by atoms with Crippen molar-refractivity contribution in [3.63, 3.8) is 0 Å². The van der Waals surface area contributed by atoms with Gasteiger partial charge in [-0.05, 0) is 23.3 Å². The normalized spacial score (nSPS) is 15.2. The highest BCUT2D eigenvalue weighted by atomic mass is 16.5. The summed E-state index contributed by atoms with van der Waals surface area (Å²) in [5.74, 6) is 0.0402. The van der Waals surface area contributed by atoms with E-state index in [0.29, 0.717) is 17.9 Å². The zero-order valence-electron chi connectivity index (χ0n) is 13.6. The van der Waals surface area contributed by atoms with E-state index in [9.17, 15) is 4.79 Å². The number of aromatic nitrogens is 1. The molecule has 6 nitrogen and oxygen atoms in total. The fourth-order valence-corrected chi connectivity index (χ4v) is 2.81. The zero-order chi connectivity index (χ0) is 16.8. The molecule has 1 saturated heterocycles. The molecule has 3 N–H and O–H groups in total. The fourth-order valence-electron chi connectivity index (χ4n) is 2.81. The average Bonchev–Trinajstić information content (AvgIpc) is 2.62. The van der Waals surface area contributed by atoms with E-state index in [1.165, 1.54) is 11.1 Å². The van der Waals surface area contributed by atoms with Gasteiger partial charge in [0.15, 0.2) is 0 Å². The number of primary amides is 1. The highest BCUT2D eigenvalue weighted by molar-refractivity contribution is 5.97. The minimum Gasteiger partial charge on any atom is -0.379 e. The van der Waals surface area contributed by atoms with Crippen LogP contribution in [0.1, 0.15) is 21.5 Å². The molecule has 1 aromatic carbocycles. The smallest absolute Gasteiger partial charge is 0.252 e. The molecule has 2 aromatic rings. The van der Waals surface area contributed by atoms with Gasteiger partial charge in [-0.15, -0.1) is 0 Å². The van der Waals surface area contributed by atoms with Crippen LogP contribution < -0.4 is 11.1 Å². The van der Waals surface area contributed by atoms with Crippen LogP contribution in [-0.2, 0) is 17.8 Å². The van der Waals surface area contributed by atoms with Gasteiger partial charge in [0, 0.05) is 32.4 Å². The number of ether oxygens (including phenoxy) is 1. The van der Waals surface area contributed by atoms with Crippen LogP contribution >= 0.6 is 0 Å². The molecule has 0 saturated carbocycles. The molecule has 1 fully saturated rings. The number of amides is 1. The van der Waals surface area contributed by atoms with Gasteiger partial charge in [0.05, 0.1) is 18.8 Å². The third kappa shape index (κ3) is 4.10. The first-order valence-corrected chi connectivity index (χ1v) is 8.09. The number of carbonyl (C=O) groups is 1. The van der Waals surface area contributed by atoms with E-state index in [0.717, 1.165) is 32.8 Å². The van der Waals surface area contributed by atoms with Gasteiger partial charge >= 0.3 is 0 Å². The van der Waals surface area contributed by atoms with Crippen molar-refractivity contribution in [3.8, 4) is 0 Å². The molecule has 0 bridgehead atoms. The number of morpholine rings is 1. The Morgan fingerprint density at radius 2 is 1.92 bits per heavy atom. The highest BCUT2D eigenvalue weighted by Crippen LogP contribution is 2.16. The molecule has 1 aliphatic rings. The maximum absolute atomic E-state index is 11.5. The molecule has 0 unspecified atom stereocenters. The van der Waals surface area contributed by atoms with E-state index in [4.69, 9.17) is 10.5 Å². The van der Waals surface area contributed by atoms with Gasteiger partial charge in [-0.1, -0.05) is 24.3 Å². The molecule has 0 spiro atoms. The number of nitrogens with zero attached hydrogens (tertiary/aromatic N) is 2. The van der Waals surface area contributed by atoms with Crippen molar-refractivity contribution in [2.24, 2.45) is 5.73 Å². The van der Waals surface area contributed by atoms with Gasteiger partial charge in [0.25, 0.3) is 5.91 Å². The summed E-state index contributed by atoms with van der Waals surface area (Å²) in [7, 11) is 0. The summed E-state index contributed by atoms with van der Waals surface area (Å²) in [6.07, 6.45) is 1.65. The first-order valence-electron chi connectivity index (χ1n) is 8.09. The summed E-state index contributed by atoms with van der Waals surface area (Å²) < 4.78 is 5.40. The van der Waals surface area contributed by atoms with Crippen molar-refractivity contribution in [2.45, 2.75) is 13.1 Å². The van der Waals surface area contributed by atoms with Crippen molar-refractivity contribution in [1.29, 1.82) is 0 Å². The largest absolute Gasteiger partial charge is 0.379 e. The van der Waals surface area contributed by atoms with Gasteiger partial charge < -0.3 is 15.8 Å². The molecule has 126 valence electrons. The Hall–Kier alpha value is -2.44. The molecule has 1 aliphatic heterocycles. The first kappa shape index (κ1) is 16.4. The monoisotopic (exact) mass is 326 g/mol. The van der Waals surface area contributed by atoms with Gasteiger partial charge in [-0.25, -0.2) is 4.98 Å². The zero-order valence-corrected chi connectivity index (χ0v) is 13.6. The number of carbonyl (C=O) groups excluding carboxylic acids is 1. The number of benzene rings is 1. The molecular formula is C18H22N4O2. The Labute approximate surface area is 141 Å². The standard InChI is InChI=1S/C18H22N4O2/c19-17(23)16-6-3-7-20-18(16)21-12-14-4-1-2-5-15(14)13-22-8-10-24-11-9-22/h1-7H,8-13H2,(H2,19,23)(H,20,21). The fraction of sp³-hybridized carbons (Fsp3) is 0.333. The number of anilines is 1. The minimum absolute atomic E-state index is 0.406. The maximum atomic E-state index is 11.5. The van der Waals surface area contributed by atoms with E-state index < -0.39 is 5.91 Å². The van der Waals surface area contributed by atoms with E-state index in [2.05, 4.69) is 33.4 Å². The molecule has 0 aliphatic carbocycles. The van der Waals surface area contributed by atoms with Crippen LogP contribution in [0.25, 0.3) is 0 Å². The lowest BCUT2D eigenvalue weighted by molar-refractivity contribution is 0.0341. The van der Waals surface area contributed by atoms with Crippen molar-refractivity contribution in [2.75, 3.05) is 31.6 Å². The van der Waals surface area contributed by atoms with Crippen LogP contribution in [0.2, 0.25) is 0 Å². The topological polar surface area (TPSA) is 80.5 Å². The second kappa shape index (κ2) is 7.90. The van der Waals surface area contributed by atoms with Crippen LogP contribution in [0.4, 0.5) is 5.82 Å². The van der Waals surface area contributed by atoms with Crippen LogP contribution in [0.15, 0.2) is 42.6 Å². The van der Waals surface area contributed by atoms with Gasteiger partial charge in [0.1, 0.15) is 5.82 Å². The lowest BCUT2D eigenvalue weighted by atomic mass is 10.1. The molecule has 1 aromatic heterocycles. The second-order valence-corrected chi connectivity index (χ2v) is 5.77. The maximum Gasteiger partial charge on any atom is 0.252 e. The van der Waals surface area contributed by atoms with Crippen LogP contribution in [-0.4, -0.2) is 42.1 Å². The molecule has 6 heteroatoms. The van der Waals surface area contributed by atoms with Gasteiger partial charge in [0.2, 0.25) is 0 Å². The third-order valence-corrected chi connectivity index (χ3v) is 4.14. The number of hydrogen-bond acceptors (Lipinski definition) is 5. The third-order valence-electron chi connectivity index (χ3n) is 4.14. The Morgan fingerprint density at radius 3 is 2.67 bits per heavy atom. The summed E-state index contributed by atoms with van der Waals surface area (Å²) in [4.78, 5) is 18.1. The summed E-state index contributed by atoms with van der Waals surface area (Å²) in [5, 5.41) is 3.23. The Bertz CT molecular complexity index is 699. The van der Waals surface area contributed by atoms with E-state index >= 15 is 0 Å². The summed E-state index contributed by atoms with van der Waals surface area (Å²) >= 11 is 0. The lowest BCUT2D eigenvalue weighted by Gasteiger charge is -2.27. The number of nitrogens with one attached hydrogen (secondary N) is 1. The van der Waals surface area contributed by atoms with E-state index in [1.54, 1.807) is 18.3 Å². The number of nitrogens with two attached hydrogens (primary N) is 1. The molecule has 24 heavy (non-hydrogen) atoms. The summed E-state index contributed by atoms with van der Waals surface area (Å²) in [5.41, 5.74) is 8.26. The van der Waals surface area contributed by atoms with Gasteiger partial charge in [-0.2, -0.15) is 0 Å². The van der Waals surface area contributed by atoms with Gasteiger partial charge in [-0.3, -0.25) is 9.69 Å².